The van der Waals surface area contributed by atoms with Gasteiger partial charge in [-0.25, -0.2) is 13.4 Å². The van der Waals surface area contributed by atoms with E-state index >= 15 is 0 Å². The normalized spacial score (nSPS) is 16.1. The summed E-state index contributed by atoms with van der Waals surface area (Å²) in [6, 6.07) is 9.37. The van der Waals surface area contributed by atoms with Gasteiger partial charge in [0.2, 0.25) is 10.0 Å². The minimum atomic E-state index is -3.42. The number of ether oxygens (including phenoxy) is 1. The van der Waals surface area contributed by atoms with Crippen molar-refractivity contribution >= 4 is 16.0 Å². The van der Waals surface area contributed by atoms with Gasteiger partial charge in [-0.15, -0.1) is 0 Å². The van der Waals surface area contributed by atoms with Gasteiger partial charge in [0, 0.05) is 38.8 Å². The van der Waals surface area contributed by atoms with Gasteiger partial charge in [0.05, 0.1) is 19.3 Å². The molecule has 1 saturated heterocycles. The summed E-state index contributed by atoms with van der Waals surface area (Å²) in [6.45, 7) is 5.27. The highest BCUT2D eigenvalue weighted by Gasteiger charge is 2.28. The van der Waals surface area contributed by atoms with Crippen LogP contribution < -0.4 is 10.1 Å². The van der Waals surface area contributed by atoms with Crippen molar-refractivity contribution in [3.05, 3.63) is 47.9 Å². The molecular formula is C19H27N5O4S. The number of benzene rings is 1. The first kappa shape index (κ1) is 21.1. The molecule has 0 aliphatic carbocycles. The van der Waals surface area contributed by atoms with E-state index in [4.69, 9.17) is 14.3 Å². The Morgan fingerprint density at radius 2 is 1.93 bits per heavy atom. The van der Waals surface area contributed by atoms with Crippen LogP contribution in [0.4, 0.5) is 0 Å². The molecule has 0 amide bonds. The van der Waals surface area contributed by atoms with E-state index in [0.717, 1.165) is 23.8 Å². The molecule has 1 fully saturated rings. The molecular weight excluding hydrogens is 394 g/mol. The number of aromatic nitrogens is 1. The fourth-order valence-corrected chi connectivity index (χ4v) is 4.52. The predicted octanol–water partition coefficient (Wildman–Crippen LogP) is 1.30. The Morgan fingerprint density at radius 1 is 1.21 bits per heavy atom. The van der Waals surface area contributed by atoms with Gasteiger partial charge in [-0.3, -0.25) is 0 Å². The molecule has 1 N–H and O–H groups in total. The summed E-state index contributed by atoms with van der Waals surface area (Å²) in [5, 5.41) is 7.00. The SMILES string of the molecule is CCNC(=NCc1ccc(OC)cc1)N1CCN(S(=O)(=O)Cc2ccon2)CC1. The first-order chi connectivity index (χ1) is 14.0. The van der Waals surface area contributed by atoms with Crippen LogP contribution in [0.3, 0.4) is 0 Å². The molecule has 1 aliphatic rings. The second-order valence-corrected chi connectivity index (χ2v) is 8.62. The van der Waals surface area contributed by atoms with Crippen LogP contribution in [0, 0.1) is 0 Å². The lowest BCUT2D eigenvalue weighted by Crippen LogP contribution is -2.53. The number of rotatable bonds is 7. The van der Waals surface area contributed by atoms with Crippen LogP contribution in [0.1, 0.15) is 18.2 Å². The van der Waals surface area contributed by atoms with Crippen molar-refractivity contribution in [3.8, 4) is 5.75 Å². The number of hydrogen-bond donors (Lipinski definition) is 1. The van der Waals surface area contributed by atoms with Gasteiger partial charge in [-0.1, -0.05) is 17.3 Å². The Labute approximate surface area is 171 Å². The molecule has 2 aromatic rings. The molecule has 1 aromatic carbocycles. The molecule has 1 aromatic heterocycles. The second-order valence-electron chi connectivity index (χ2n) is 6.65. The maximum atomic E-state index is 12.6. The van der Waals surface area contributed by atoms with Crippen molar-refractivity contribution < 1.29 is 17.7 Å². The quantitative estimate of drug-likeness (QED) is 0.531. The van der Waals surface area contributed by atoms with Crippen LogP contribution in [0.25, 0.3) is 0 Å². The van der Waals surface area contributed by atoms with Gasteiger partial charge in [0.15, 0.2) is 5.96 Å². The van der Waals surface area contributed by atoms with Crippen molar-refractivity contribution in [2.75, 3.05) is 39.8 Å². The topological polar surface area (TPSA) is 100 Å². The number of guanidine groups is 1. The van der Waals surface area contributed by atoms with E-state index < -0.39 is 10.0 Å². The lowest BCUT2D eigenvalue weighted by atomic mass is 10.2. The molecule has 0 atom stereocenters. The highest BCUT2D eigenvalue weighted by Crippen LogP contribution is 2.14. The van der Waals surface area contributed by atoms with Crippen LogP contribution in [0.2, 0.25) is 0 Å². The van der Waals surface area contributed by atoms with Crippen molar-refractivity contribution in [2.24, 2.45) is 4.99 Å². The number of methoxy groups -OCH3 is 1. The monoisotopic (exact) mass is 421 g/mol. The Balaban J connectivity index is 1.60. The van der Waals surface area contributed by atoms with Crippen LogP contribution in [0.5, 0.6) is 5.75 Å². The number of sulfonamides is 1. The number of nitrogens with zero attached hydrogens (tertiary/aromatic N) is 4. The minimum Gasteiger partial charge on any atom is -0.497 e. The van der Waals surface area contributed by atoms with Gasteiger partial charge in [-0.2, -0.15) is 4.31 Å². The molecule has 1 aliphatic heterocycles. The third kappa shape index (κ3) is 5.70. The van der Waals surface area contributed by atoms with E-state index in [0.29, 0.717) is 38.4 Å². The molecule has 3 rings (SSSR count). The zero-order chi connectivity index (χ0) is 20.7. The van der Waals surface area contributed by atoms with Crippen molar-refractivity contribution in [1.82, 2.24) is 19.7 Å². The maximum Gasteiger partial charge on any atom is 0.220 e. The first-order valence-electron chi connectivity index (χ1n) is 9.55. The zero-order valence-corrected chi connectivity index (χ0v) is 17.6. The summed E-state index contributed by atoms with van der Waals surface area (Å²) in [5.41, 5.74) is 1.50. The molecule has 2 heterocycles. The summed E-state index contributed by atoms with van der Waals surface area (Å²) in [4.78, 5) is 6.80. The van der Waals surface area contributed by atoms with Crippen LogP contribution >= 0.6 is 0 Å². The Hall–Kier alpha value is -2.59. The van der Waals surface area contributed by atoms with Crippen LogP contribution in [0.15, 0.2) is 46.1 Å². The van der Waals surface area contributed by atoms with Gasteiger partial charge in [0.25, 0.3) is 0 Å². The zero-order valence-electron chi connectivity index (χ0n) is 16.7. The summed E-state index contributed by atoms with van der Waals surface area (Å²) in [7, 11) is -1.78. The average Bonchev–Trinajstić information content (AvgIpc) is 3.24. The maximum absolute atomic E-state index is 12.6. The molecule has 0 unspecified atom stereocenters. The number of nitrogens with one attached hydrogen (secondary N) is 1. The highest BCUT2D eigenvalue weighted by molar-refractivity contribution is 7.88. The first-order valence-corrected chi connectivity index (χ1v) is 11.2. The Bertz CT molecular complexity index is 889. The van der Waals surface area contributed by atoms with Crippen molar-refractivity contribution in [1.29, 1.82) is 0 Å². The molecule has 0 saturated carbocycles. The van der Waals surface area contributed by atoms with Crippen molar-refractivity contribution in [2.45, 2.75) is 19.2 Å². The number of piperazine rings is 1. The average molecular weight is 422 g/mol. The molecule has 0 bridgehead atoms. The van der Waals surface area contributed by atoms with E-state index in [1.807, 2.05) is 31.2 Å². The van der Waals surface area contributed by atoms with Gasteiger partial charge in [0.1, 0.15) is 17.8 Å². The van der Waals surface area contributed by atoms with E-state index in [9.17, 15) is 8.42 Å². The second kappa shape index (κ2) is 9.75. The molecule has 0 radical (unpaired) electrons. The van der Waals surface area contributed by atoms with Crippen LogP contribution in [-0.4, -0.2) is 68.6 Å². The summed E-state index contributed by atoms with van der Waals surface area (Å²) in [5.74, 6) is 1.46. The van der Waals surface area contributed by atoms with Gasteiger partial charge in [-0.05, 0) is 24.6 Å². The number of aliphatic imine (C=N–C) groups is 1. The minimum absolute atomic E-state index is 0.144. The third-order valence-electron chi connectivity index (χ3n) is 4.66. The molecule has 158 valence electrons. The molecule has 10 heteroatoms. The van der Waals surface area contributed by atoms with Crippen molar-refractivity contribution in [3.63, 3.8) is 0 Å². The van der Waals surface area contributed by atoms with Gasteiger partial charge < -0.3 is 19.5 Å². The lowest BCUT2D eigenvalue weighted by molar-refractivity contribution is 0.259. The number of hydrogen-bond acceptors (Lipinski definition) is 6. The summed E-state index contributed by atoms with van der Waals surface area (Å²) < 4.78 is 36.6. The lowest BCUT2D eigenvalue weighted by Gasteiger charge is -2.35. The Morgan fingerprint density at radius 3 is 2.52 bits per heavy atom. The Kier molecular flexibility index (Phi) is 7.10. The predicted molar refractivity (Wildman–Crippen MR) is 110 cm³/mol. The van der Waals surface area contributed by atoms with E-state index in [1.54, 1.807) is 13.2 Å². The van der Waals surface area contributed by atoms with E-state index in [2.05, 4.69) is 15.4 Å². The molecule has 0 spiro atoms. The largest absolute Gasteiger partial charge is 0.497 e. The fraction of sp³-hybridized carbons (Fsp3) is 0.474. The standard InChI is InChI=1S/C19H27N5O4S/c1-3-20-19(21-14-16-4-6-18(27-2)7-5-16)23-9-11-24(12-10-23)29(25,26)15-17-8-13-28-22-17/h4-8,13H,3,9-12,14-15H2,1-2H3,(H,20,21). The summed E-state index contributed by atoms with van der Waals surface area (Å²) >= 11 is 0. The third-order valence-corrected chi connectivity index (χ3v) is 6.47. The smallest absolute Gasteiger partial charge is 0.220 e. The van der Waals surface area contributed by atoms with E-state index in [-0.39, 0.29) is 5.75 Å². The molecule has 9 nitrogen and oxygen atoms in total. The van der Waals surface area contributed by atoms with E-state index in [1.165, 1.54) is 10.6 Å². The highest BCUT2D eigenvalue weighted by atomic mass is 32.2. The van der Waals surface area contributed by atoms with Gasteiger partial charge >= 0.3 is 0 Å². The fourth-order valence-electron chi connectivity index (χ4n) is 3.09. The van der Waals surface area contributed by atoms with Crippen LogP contribution in [-0.2, 0) is 22.3 Å². The summed E-state index contributed by atoms with van der Waals surface area (Å²) in [6.07, 6.45) is 1.38. The molecule has 29 heavy (non-hydrogen) atoms.